The summed E-state index contributed by atoms with van der Waals surface area (Å²) in [6, 6.07) is 0. The summed E-state index contributed by atoms with van der Waals surface area (Å²) in [6.07, 6.45) is 0. The zero-order valence-electron chi connectivity index (χ0n) is 6.09. The van der Waals surface area contributed by atoms with Crippen molar-refractivity contribution in [2.75, 3.05) is 0 Å². The highest BCUT2D eigenvalue weighted by Crippen LogP contribution is 1.81. The number of hydrogen-bond donors (Lipinski definition) is 0. The SMILES string of the molecule is C=C[SiH](O[SiH3])[SiH2]O[SiH2]C. The van der Waals surface area contributed by atoms with Crippen LogP contribution in [-0.4, -0.2) is 38.1 Å². The summed E-state index contributed by atoms with van der Waals surface area (Å²) in [6.45, 7) is 5.88. The second-order valence-electron chi connectivity index (χ2n) is 1.67. The van der Waals surface area contributed by atoms with Gasteiger partial charge in [-0.15, -0.1) is 6.58 Å². The molecule has 0 saturated carbocycles. The van der Waals surface area contributed by atoms with Crippen molar-refractivity contribution in [1.82, 2.24) is 0 Å². The van der Waals surface area contributed by atoms with E-state index >= 15 is 0 Å². The fourth-order valence-electron chi connectivity index (χ4n) is 0.466. The van der Waals surface area contributed by atoms with Gasteiger partial charge in [-0.3, -0.25) is 0 Å². The molecule has 0 aromatic heterocycles. The van der Waals surface area contributed by atoms with E-state index in [0.717, 1.165) is 10.5 Å². The van der Waals surface area contributed by atoms with Crippen molar-refractivity contribution >= 4 is 38.1 Å². The van der Waals surface area contributed by atoms with Crippen molar-refractivity contribution in [3.8, 4) is 0 Å². The molecule has 1 unspecified atom stereocenters. The molecule has 54 valence electrons. The normalized spacial score (nSPS) is 16.1. The largest absolute Gasteiger partial charge is 0.465 e. The first-order chi connectivity index (χ1) is 4.35. The van der Waals surface area contributed by atoms with E-state index in [4.69, 9.17) is 8.23 Å². The molecular formula is C3H14O2Si4. The Hall–Kier alpha value is 0.528. The van der Waals surface area contributed by atoms with Crippen molar-refractivity contribution in [2.45, 2.75) is 6.55 Å². The van der Waals surface area contributed by atoms with Crippen molar-refractivity contribution in [3.63, 3.8) is 0 Å². The van der Waals surface area contributed by atoms with Gasteiger partial charge < -0.3 is 8.23 Å². The van der Waals surface area contributed by atoms with Gasteiger partial charge in [0.15, 0.2) is 17.8 Å². The molecule has 0 aromatic rings. The van der Waals surface area contributed by atoms with Gasteiger partial charge in [0.05, 0.1) is 0 Å². The molecule has 0 fully saturated rings. The van der Waals surface area contributed by atoms with Crippen LogP contribution in [0.1, 0.15) is 0 Å². The third-order valence-corrected chi connectivity index (χ3v) is 14.0. The van der Waals surface area contributed by atoms with Crippen molar-refractivity contribution in [3.05, 3.63) is 12.3 Å². The average Bonchev–Trinajstić information content (AvgIpc) is 1.91. The molecule has 9 heavy (non-hydrogen) atoms. The van der Waals surface area contributed by atoms with Crippen LogP contribution in [0, 0.1) is 0 Å². The van der Waals surface area contributed by atoms with E-state index in [-0.39, 0.29) is 19.0 Å². The molecule has 0 bridgehead atoms. The van der Waals surface area contributed by atoms with E-state index in [2.05, 4.69) is 13.1 Å². The van der Waals surface area contributed by atoms with E-state index in [1.165, 1.54) is 0 Å². The van der Waals surface area contributed by atoms with Gasteiger partial charge in [-0.2, -0.15) is 0 Å². The smallest absolute Gasteiger partial charge is 0.197 e. The minimum absolute atomic E-state index is 0.163. The first kappa shape index (κ1) is 9.53. The maximum absolute atomic E-state index is 5.44. The lowest BCUT2D eigenvalue weighted by Gasteiger charge is -2.06. The van der Waals surface area contributed by atoms with E-state index in [1.54, 1.807) is 0 Å². The molecule has 0 heterocycles. The van der Waals surface area contributed by atoms with Crippen LogP contribution in [0.2, 0.25) is 6.55 Å². The fourth-order valence-corrected chi connectivity index (χ4v) is 9.63. The predicted molar refractivity (Wildman–Crippen MR) is 52.4 cm³/mol. The zero-order chi connectivity index (χ0) is 7.11. The quantitative estimate of drug-likeness (QED) is 0.449. The molecule has 2 nitrogen and oxygen atoms in total. The third kappa shape index (κ3) is 5.00. The Balaban J connectivity index is 3.20. The highest BCUT2D eigenvalue weighted by atomic mass is 29.2. The minimum atomic E-state index is -0.933. The standard InChI is InChI=1S/C3H14O2Si4/c1-3-9(4-6)8-5-7-2/h3,9H,1,7-8H2,2,6H3. The highest BCUT2D eigenvalue weighted by molar-refractivity contribution is 7.10. The fraction of sp³-hybridized carbons (Fsp3) is 0.333. The summed E-state index contributed by atoms with van der Waals surface area (Å²) < 4.78 is 10.8. The summed E-state index contributed by atoms with van der Waals surface area (Å²) >= 11 is 0. The first-order valence-corrected chi connectivity index (χ1v) is 10.9. The molecular weight excluding hydrogens is 180 g/mol. The Kier molecular flexibility index (Phi) is 7.03. The molecule has 0 aromatic carbocycles. The average molecular weight is 194 g/mol. The van der Waals surface area contributed by atoms with Crippen LogP contribution in [0.3, 0.4) is 0 Å². The van der Waals surface area contributed by atoms with Crippen LogP contribution in [0.5, 0.6) is 0 Å². The Morgan fingerprint density at radius 3 is 2.78 bits per heavy atom. The Labute approximate surface area is 65.6 Å². The molecule has 0 spiro atoms. The summed E-state index contributed by atoms with van der Waals surface area (Å²) in [5, 5.41) is 0. The number of rotatable bonds is 5. The monoisotopic (exact) mass is 194 g/mol. The summed E-state index contributed by atoms with van der Waals surface area (Å²) in [4.78, 5) is 0. The topological polar surface area (TPSA) is 18.5 Å². The Morgan fingerprint density at radius 1 is 1.78 bits per heavy atom. The zero-order valence-corrected chi connectivity index (χ0v) is 12.1. The van der Waals surface area contributed by atoms with Crippen LogP contribution in [0.25, 0.3) is 0 Å². The van der Waals surface area contributed by atoms with Crippen LogP contribution in [0.15, 0.2) is 12.3 Å². The summed E-state index contributed by atoms with van der Waals surface area (Å²) in [7, 11) is -0.517. The lowest BCUT2D eigenvalue weighted by molar-refractivity contribution is 0.626. The highest BCUT2D eigenvalue weighted by Gasteiger charge is 2.02. The van der Waals surface area contributed by atoms with Gasteiger partial charge in [-0.1, -0.05) is 12.2 Å². The summed E-state index contributed by atoms with van der Waals surface area (Å²) in [5.41, 5.74) is 1.99. The molecule has 0 rings (SSSR count). The van der Waals surface area contributed by atoms with E-state index < -0.39 is 8.56 Å². The second kappa shape index (κ2) is 6.64. The second-order valence-corrected chi connectivity index (χ2v) is 11.1. The van der Waals surface area contributed by atoms with E-state index in [0.29, 0.717) is 0 Å². The minimum Gasteiger partial charge on any atom is -0.465 e. The van der Waals surface area contributed by atoms with Crippen molar-refractivity contribution < 1.29 is 8.23 Å². The molecule has 0 aliphatic heterocycles. The maximum Gasteiger partial charge on any atom is 0.197 e. The predicted octanol–water partition coefficient (Wildman–Crippen LogP) is -2.54. The molecule has 1 atom stereocenters. The molecule has 0 aliphatic carbocycles. The first-order valence-electron chi connectivity index (χ1n) is 3.08. The molecule has 0 amide bonds. The maximum atomic E-state index is 5.44. The van der Waals surface area contributed by atoms with E-state index in [1.807, 2.05) is 5.70 Å². The molecule has 0 saturated heterocycles. The van der Waals surface area contributed by atoms with Gasteiger partial charge in [0.2, 0.25) is 0 Å². The molecule has 0 radical (unpaired) electrons. The summed E-state index contributed by atoms with van der Waals surface area (Å²) in [5.74, 6) is 0. The molecule has 0 N–H and O–H groups in total. The van der Waals surface area contributed by atoms with Crippen molar-refractivity contribution in [2.24, 2.45) is 0 Å². The number of hydrogen-bond acceptors (Lipinski definition) is 2. The molecule has 6 heteroatoms. The lowest BCUT2D eigenvalue weighted by atomic mass is 11.3. The lowest BCUT2D eigenvalue weighted by Crippen LogP contribution is -2.26. The Morgan fingerprint density at radius 2 is 2.44 bits per heavy atom. The van der Waals surface area contributed by atoms with Crippen molar-refractivity contribution in [1.29, 1.82) is 0 Å². The van der Waals surface area contributed by atoms with E-state index in [9.17, 15) is 0 Å². The van der Waals surface area contributed by atoms with Gasteiger partial charge in [0.25, 0.3) is 0 Å². The van der Waals surface area contributed by atoms with Gasteiger partial charge >= 0.3 is 0 Å². The van der Waals surface area contributed by atoms with Crippen LogP contribution >= 0.6 is 0 Å². The van der Waals surface area contributed by atoms with Crippen LogP contribution in [-0.2, 0) is 8.23 Å². The van der Waals surface area contributed by atoms with Crippen LogP contribution < -0.4 is 0 Å². The van der Waals surface area contributed by atoms with Gasteiger partial charge in [-0.25, -0.2) is 0 Å². The van der Waals surface area contributed by atoms with Gasteiger partial charge in [0.1, 0.15) is 20.2 Å². The Bertz CT molecular complexity index is 78.2. The third-order valence-electron chi connectivity index (χ3n) is 1.05. The van der Waals surface area contributed by atoms with Gasteiger partial charge in [-0.05, 0) is 0 Å². The molecule has 0 aliphatic rings. The van der Waals surface area contributed by atoms with Crippen LogP contribution in [0.4, 0.5) is 0 Å². The van der Waals surface area contributed by atoms with Gasteiger partial charge in [0, 0.05) is 0 Å².